The number of rotatable bonds is 5. The lowest BCUT2D eigenvalue weighted by atomic mass is 9.89. The average molecular weight is 299 g/mol. The number of likely N-dealkylation sites (tertiary alicyclic amines) is 1. The van der Waals surface area contributed by atoms with Crippen molar-refractivity contribution in [3.8, 4) is 0 Å². The number of imide groups is 1. The van der Waals surface area contributed by atoms with Crippen LogP contribution < -0.4 is 10.6 Å². The normalized spacial score (nSPS) is 19.9. The first-order chi connectivity index (χ1) is 9.74. The fourth-order valence-corrected chi connectivity index (χ4v) is 2.33. The van der Waals surface area contributed by atoms with E-state index in [9.17, 15) is 14.4 Å². The van der Waals surface area contributed by atoms with Gasteiger partial charge in [-0.05, 0) is 39.8 Å². The first kappa shape index (κ1) is 17.4. The quantitative estimate of drug-likeness (QED) is 0.697. The first-order valence-corrected chi connectivity index (χ1v) is 7.30. The minimum absolute atomic E-state index is 0.0268. The monoisotopic (exact) mass is 299 g/mol. The highest BCUT2D eigenvalue weighted by Crippen LogP contribution is 2.19. The van der Waals surface area contributed by atoms with Crippen LogP contribution in [0.4, 0.5) is 4.79 Å². The smallest absolute Gasteiger partial charge is 0.321 e. The topological polar surface area (TPSA) is 98.7 Å². The Bertz CT molecular complexity index is 409. The summed E-state index contributed by atoms with van der Waals surface area (Å²) in [5, 5.41) is 13.9. The molecule has 7 heteroatoms. The lowest BCUT2D eigenvalue weighted by molar-refractivity contribution is -0.149. The van der Waals surface area contributed by atoms with Gasteiger partial charge in [0.15, 0.2) is 0 Å². The molecule has 0 bridgehead atoms. The molecule has 0 aromatic carbocycles. The van der Waals surface area contributed by atoms with Crippen molar-refractivity contribution in [1.29, 1.82) is 0 Å². The van der Waals surface area contributed by atoms with E-state index in [1.54, 1.807) is 0 Å². The summed E-state index contributed by atoms with van der Waals surface area (Å²) in [6, 6.07) is -0.525. The lowest BCUT2D eigenvalue weighted by Gasteiger charge is -2.32. The van der Waals surface area contributed by atoms with Crippen molar-refractivity contribution < 1.29 is 19.5 Å². The number of nitrogens with zero attached hydrogens (tertiary/aromatic N) is 1. The molecule has 3 amide bonds. The molecule has 0 aliphatic carbocycles. The number of likely N-dealkylation sites (N-methyl/N-ethyl adjacent to an activating group) is 1. The second kappa shape index (κ2) is 7.40. The van der Waals surface area contributed by atoms with Gasteiger partial charge in [0.05, 0.1) is 5.41 Å². The van der Waals surface area contributed by atoms with E-state index in [1.165, 1.54) is 13.8 Å². The Labute approximate surface area is 125 Å². The molecule has 1 unspecified atom stereocenters. The summed E-state index contributed by atoms with van der Waals surface area (Å²) in [4.78, 5) is 36.6. The highest BCUT2D eigenvalue weighted by atomic mass is 16.4. The summed E-state index contributed by atoms with van der Waals surface area (Å²) < 4.78 is 0. The van der Waals surface area contributed by atoms with Crippen molar-refractivity contribution in [2.75, 3.05) is 19.6 Å². The summed E-state index contributed by atoms with van der Waals surface area (Å²) in [5.74, 6) is -1.65. The maximum Gasteiger partial charge on any atom is 0.321 e. The zero-order chi connectivity index (χ0) is 16.0. The SMILES string of the molecule is CCN1CCCC(NC(=O)NC(=O)CC(C)(C)C(=O)O)C1. The molecule has 120 valence electrons. The minimum Gasteiger partial charge on any atom is -0.481 e. The third kappa shape index (κ3) is 5.71. The van der Waals surface area contributed by atoms with Gasteiger partial charge in [0.1, 0.15) is 0 Å². The van der Waals surface area contributed by atoms with Gasteiger partial charge in [0, 0.05) is 19.0 Å². The van der Waals surface area contributed by atoms with E-state index < -0.39 is 23.3 Å². The maximum atomic E-state index is 11.8. The number of hydrogen-bond donors (Lipinski definition) is 3. The number of carbonyl (C=O) groups is 3. The molecule has 0 aromatic heterocycles. The number of amides is 3. The van der Waals surface area contributed by atoms with Crippen LogP contribution in [-0.4, -0.2) is 53.6 Å². The number of carboxylic acids is 1. The van der Waals surface area contributed by atoms with E-state index >= 15 is 0 Å². The zero-order valence-electron chi connectivity index (χ0n) is 12.9. The zero-order valence-corrected chi connectivity index (χ0v) is 12.9. The molecule has 1 heterocycles. The molecule has 1 aliphatic heterocycles. The van der Waals surface area contributed by atoms with Crippen LogP contribution in [-0.2, 0) is 9.59 Å². The Kier molecular flexibility index (Phi) is 6.14. The van der Waals surface area contributed by atoms with Gasteiger partial charge in [-0.1, -0.05) is 6.92 Å². The van der Waals surface area contributed by atoms with Crippen LogP contribution in [0.15, 0.2) is 0 Å². The molecule has 7 nitrogen and oxygen atoms in total. The number of hydrogen-bond acceptors (Lipinski definition) is 4. The highest BCUT2D eigenvalue weighted by molar-refractivity contribution is 5.96. The predicted molar refractivity (Wildman–Crippen MR) is 77.8 cm³/mol. The number of aliphatic carboxylic acids is 1. The second-order valence-electron chi connectivity index (χ2n) is 6.12. The molecule has 0 spiro atoms. The Morgan fingerprint density at radius 2 is 2.00 bits per heavy atom. The van der Waals surface area contributed by atoms with E-state index in [1.807, 2.05) is 0 Å². The molecule has 1 rings (SSSR count). The highest BCUT2D eigenvalue weighted by Gasteiger charge is 2.31. The number of carbonyl (C=O) groups excluding carboxylic acids is 2. The molecule has 1 atom stereocenters. The second-order valence-corrected chi connectivity index (χ2v) is 6.12. The molecule has 1 saturated heterocycles. The van der Waals surface area contributed by atoms with Crippen LogP contribution in [0.25, 0.3) is 0 Å². The van der Waals surface area contributed by atoms with Crippen molar-refractivity contribution in [2.24, 2.45) is 5.41 Å². The molecule has 3 N–H and O–H groups in total. The van der Waals surface area contributed by atoms with Gasteiger partial charge in [-0.2, -0.15) is 0 Å². The van der Waals surface area contributed by atoms with Crippen molar-refractivity contribution in [2.45, 2.75) is 46.1 Å². The lowest BCUT2D eigenvalue weighted by Crippen LogP contribution is -2.51. The van der Waals surface area contributed by atoms with Crippen LogP contribution in [0.3, 0.4) is 0 Å². The van der Waals surface area contributed by atoms with Gasteiger partial charge in [-0.25, -0.2) is 4.79 Å². The van der Waals surface area contributed by atoms with Crippen LogP contribution in [0.5, 0.6) is 0 Å². The van der Waals surface area contributed by atoms with E-state index in [2.05, 4.69) is 22.5 Å². The van der Waals surface area contributed by atoms with E-state index in [4.69, 9.17) is 5.11 Å². The van der Waals surface area contributed by atoms with Gasteiger partial charge < -0.3 is 15.3 Å². The Hall–Kier alpha value is -1.63. The molecule has 1 aliphatic rings. The summed E-state index contributed by atoms with van der Waals surface area (Å²) in [6.45, 7) is 7.71. The van der Waals surface area contributed by atoms with E-state index in [-0.39, 0.29) is 12.5 Å². The first-order valence-electron chi connectivity index (χ1n) is 7.30. The molecular formula is C14H25N3O4. The third-order valence-electron chi connectivity index (χ3n) is 3.72. The number of piperidine rings is 1. The van der Waals surface area contributed by atoms with Crippen LogP contribution in [0.1, 0.15) is 40.0 Å². The standard InChI is InChI=1S/C14H25N3O4/c1-4-17-7-5-6-10(9-17)15-13(21)16-11(18)8-14(2,3)12(19)20/h10H,4-9H2,1-3H3,(H,19,20)(H2,15,16,18,21). The van der Waals surface area contributed by atoms with Crippen molar-refractivity contribution in [3.05, 3.63) is 0 Å². The van der Waals surface area contributed by atoms with Crippen molar-refractivity contribution in [3.63, 3.8) is 0 Å². The summed E-state index contributed by atoms with van der Waals surface area (Å²) in [5.41, 5.74) is -1.19. The van der Waals surface area contributed by atoms with E-state index in [0.717, 1.165) is 32.5 Å². The summed E-state index contributed by atoms with van der Waals surface area (Å²) >= 11 is 0. The fourth-order valence-electron chi connectivity index (χ4n) is 2.33. The number of urea groups is 1. The molecule has 1 fully saturated rings. The van der Waals surface area contributed by atoms with Crippen molar-refractivity contribution in [1.82, 2.24) is 15.5 Å². The van der Waals surface area contributed by atoms with Crippen LogP contribution in [0, 0.1) is 5.41 Å². The average Bonchev–Trinajstić information content (AvgIpc) is 2.37. The molecule has 0 saturated carbocycles. The third-order valence-corrected chi connectivity index (χ3v) is 3.72. The summed E-state index contributed by atoms with van der Waals surface area (Å²) in [7, 11) is 0. The number of nitrogens with one attached hydrogen (secondary N) is 2. The minimum atomic E-state index is -1.19. The van der Waals surface area contributed by atoms with Gasteiger partial charge in [0.2, 0.25) is 5.91 Å². The Balaban J connectivity index is 2.39. The molecule has 21 heavy (non-hydrogen) atoms. The van der Waals surface area contributed by atoms with Gasteiger partial charge in [0.25, 0.3) is 0 Å². The Morgan fingerprint density at radius 1 is 1.33 bits per heavy atom. The van der Waals surface area contributed by atoms with E-state index in [0.29, 0.717) is 0 Å². The van der Waals surface area contributed by atoms with Gasteiger partial charge in [-0.15, -0.1) is 0 Å². The molecule has 0 aromatic rings. The van der Waals surface area contributed by atoms with Gasteiger partial charge >= 0.3 is 12.0 Å². The maximum absolute atomic E-state index is 11.8. The molecule has 0 radical (unpaired) electrons. The largest absolute Gasteiger partial charge is 0.481 e. The van der Waals surface area contributed by atoms with Crippen LogP contribution >= 0.6 is 0 Å². The van der Waals surface area contributed by atoms with Gasteiger partial charge in [-0.3, -0.25) is 14.9 Å². The molecular weight excluding hydrogens is 274 g/mol. The van der Waals surface area contributed by atoms with Crippen molar-refractivity contribution >= 4 is 17.9 Å². The van der Waals surface area contributed by atoms with Crippen LogP contribution in [0.2, 0.25) is 0 Å². The summed E-state index contributed by atoms with van der Waals surface area (Å²) in [6.07, 6.45) is 1.67. The predicted octanol–water partition coefficient (Wildman–Crippen LogP) is 0.797. The Morgan fingerprint density at radius 3 is 2.57 bits per heavy atom. The number of carboxylic acid groups (broad SMARTS) is 1. The fraction of sp³-hybridized carbons (Fsp3) is 0.786.